The van der Waals surface area contributed by atoms with Gasteiger partial charge in [-0.3, -0.25) is 24.3 Å². The largest absolute Gasteiger partial charge is 0.323 e. The fraction of sp³-hybridized carbons (Fsp3) is 0.0526. The third kappa shape index (κ3) is 2.53. The van der Waals surface area contributed by atoms with Crippen molar-refractivity contribution >= 4 is 39.9 Å². The number of para-hydroxylation sites is 2. The summed E-state index contributed by atoms with van der Waals surface area (Å²) < 4.78 is 0. The number of benzene rings is 2. The molecule has 0 saturated carbocycles. The lowest BCUT2D eigenvalue weighted by Gasteiger charge is -2.16. The minimum Gasteiger partial charge on any atom is -0.323 e. The van der Waals surface area contributed by atoms with Crippen LogP contribution in [0.1, 0.15) is 10.4 Å². The van der Waals surface area contributed by atoms with Crippen LogP contribution in [-0.4, -0.2) is 29.1 Å². The van der Waals surface area contributed by atoms with Crippen LogP contribution in [0, 0.1) is 0 Å². The summed E-state index contributed by atoms with van der Waals surface area (Å²) in [7, 11) is 0. The van der Waals surface area contributed by atoms with Crippen LogP contribution in [0.4, 0.5) is 11.4 Å². The molecule has 1 N–H and O–H groups in total. The van der Waals surface area contributed by atoms with Crippen LogP contribution in [0.15, 0.2) is 60.8 Å². The van der Waals surface area contributed by atoms with Crippen LogP contribution in [0.5, 0.6) is 0 Å². The Bertz CT molecular complexity index is 1020. The first-order valence-corrected chi connectivity index (χ1v) is 7.74. The van der Waals surface area contributed by atoms with E-state index in [2.05, 4.69) is 10.3 Å². The zero-order valence-electron chi connectivity index (χ0n) is 13.1. The molecule has 0 bridgehead atoms. The predicted molar refractivity (Wildman–Crippen MR) is 93.5 cm³/mol. The highest BCUT2D eigenvalue weighted by Gasteiger charge is 2.36. The maximum atomic E-state index is 12.4. The topological polar surface area (TPSA) is 79.4 Å². The number of aromatic nitrogens is 1. The number of anilines is 2. The molecule has 2 heterocycles. The van der Waals surface area contributed by atoms with E-state index in [-0.39, 0.29) is 6.54 Å². The van der Waals surface area contributed by atoms with E-state index in [0.29, 0.717) is 22.5 Å². The summed E-state index contributed by atoms with van der Waals surface area (Å²) in [4.78, 5) is 42.0. The molecule has 6 heteroatoms. The van der Waals surface area contributed by atoms with Gasteiger partial charge in [0.2, 0.25) is 5.91 Å². The first-order chi connectivity index (χ1) is 12.1. The molecule has 1 aliphatic rings. The molecular weight excluding hydrogens is 318 g/mol. The Kier molecular flexibility index (Phi) is 3.50. The average molecular weight is 331 g/mol. The summed E-state index contributed by atoms with van der Waals surface area (Å²) in [6.45, 7) is -0.231. The quantitative estimate of drug-likeness (QED) is 0.748. The van der Waals surface area contributed by atoms with Crippen LogP contribution in [-0.2, 0) is 9.59 Å². The molecule has 25 heavy (non-hydrogen) atoms. The number of ketones is 1. The molecule has 0 fully saturated rings. The van der Waals surface area contributed by atoms with Crippen molar-refractivity contribution in [3.8, 4) is 0 Å². The zero-order chi connectivity index (χ0) is 17.4. The summed E-state index contributed by atoms with van der Waals surface area (Å²) >= 11 is 0. The number of Topliss-reactive ketones (excluding diaryl/α,β-unsaturated/α-hetero) is 1. The predicted octanol–water partition coefficient (Wildman–Crippen LogP) is 2.40. The molecule has 1 aromatic heterocycles. The van der Waals surface area contributed by atoms with Crippen molar-refractivity contribution in [3.05, 3.63) is 66.4 Å². The molecule has 6 nitrogen and oxygen atoms in total. The maximum absolute atomic E-state index is 12.4. The van der Waals surface area contributed by atoms with Crippen molar-refractivity contribution in [3.63, 3.8) is 0 Å². The van der Waals surface area contributed by atoms with Gasteiger partial charge in [-0.05, 0) is 24.3 Å². The van der Waals surface area contributed by atoms with Crippen LogP contribution in [0.3, 0.4) is 0 Å². The lowest BCUT2D eigenvalue weighted by molar-refractivity contribution is -0.118. The Morgan fingerprint density at radius 1 is 1.00 bits per heavy atom. The number of fused-ring (bicyclic) bond motifs is 2. The molecule has 122 valence electrons. The van der Waals surface area contributed by atoms with Gasteiger partial charge in [-0.1, -0.05) is 30.3 Å². The molecule has 2 amide bonds. The Balaban J connectivity index is 1.59. The minimum absolute atomic E-state index is 0.231. The van der Waals surface area contributed by atoms with Crippen molar-refractivity contribution < 1.29 is 14.4 Å². The summed E-state index contributed by atoms with van der Waals surface area (Å²) in [5.74, 6) is -1.67. The third-order valence-corrected chi connectivity index (χ3v) is 4.09. The third-order valence-electron chi connectivity index (χ3n) is 4.09. The Morgan fingerprint density at radius 2 is 1.80 bits per heavy atom. The molecule has 4 rings (SSSR count). The van der Waals surface area contributed by atoms with E-state index in [1.165, 1.54) is 4.90 Å². The first kappa shape index (κ1) is 15.0. The van der Waals surface area contributed by atoms with E-state index in [1.54, 1.807) is 36.5 Å². The van der Waals surface area contributed by atoms with Gasteiger partial charge >= 0.3 is 0 Å². The van der Waals surface area contributed by atoms with Gasteiger partial charge in [-0.15, -0.1) is 0 Å². The van der Waals surface area contributed by atoms with E-state index in [4.69, 9.17) is 0 Å². The SMILES string of the molecule is O=C(CN1C(=O)C(=O)c2ccccc21)Nc1cccc2cccnc12. The second-order valence-corrected chi connectivity index (χ2v) is 5.67. The molecule has 0 unspecified atom stereocenters. The number of nitrogens with one attached hydrogen (secondary N) is 1. The van der Waals surface area contributed by atoms with Gasteiger partial charge in [0.05, 0.1) is 22.5 Å². The van der Waals surface area contributed by atoms with Gasteiger partial charge in [0, 0.05) is 11.6 Å². The van der Waals surface area contributed by atoms with Gasteiger partial charge in [0.15, 0.2) is 0 Å². The first-order valence-electron chi connectivity index (χ1n) is 7.74. The van der Waals surface area contributed by atoms with Gasteiger partial charge in [0.1, 0.15) is 6.54 Å². The maximum Gasteiger partial charge on any atom is 0.299 e. The van der Waals surface area contributed by atoms with Crippen molar-refractivity contribution in [2.24, 2.45) is 0 Å². The van der Waals surface area contributed by atoms with E-state index in [9.17, 15) is 14.4 Å². The standard InChI is InChI=1S/C19H13N3O3/c23-16(21-14-8-3-5-12-6-4-10-20-17(12)14)11-22-15-9-2-1-7-13(15)18(24)19(22)25/h1-10H,11H2,(H,21,23). The van der Waals surface area contributed by atoms with Gasteiger partial charge < -0.3 is 5.32 Å². The van der Waals surface area contributed by atoms with Crippen LogP contribution in [0.25, 0.3) is 10.9 Å². The lowest BCUT2D eigenvalue weighted by atomic mass is 10.1. The fourth-order valence-corrected chi connectivity index (χ4v) is 2.94. The second-order valence-electron chi connectivity index (χ2n) is 5.67. The van der Waals surface area contributed by atoms with Crippen LogP contribution >= 0.6 is 0 Å². The van der Waals surface area contributed by atoms with E-state index in [0.717, 1.165) is 5.39 Å². The molecule has 1 aliphatic heterocycles. The molecule has 0 radical (unpaired) electrons. The zero-order valence-corrected chi connectivity index (χ0v) is 13.1. The van der Waals surface area contributed by atoms with E-state index >= 15 is 0 Å². The summed E-state index contributed by atoms with van der Waals surface area (Å²) in [6.07, 6.45) is 1.65. The summed E-state index contributed by atoms with van der Waals surface area (Å²) in [5, 5.41) is 3.67. The normalized spacial score (nSPS) is 13.2. The molecule has 3 aromatic rings. The van der Waals surface area contributed by atoms with Crippen LogP contribution in [0.2, 0.25) is 0 Å². The number of hydrogen-bond donors (Lipinski definition) is 1. The number of hydrogen-bond acceptors (Lipinski definition) is 4. The van der Waals surface area contributed by atoms with E-state index in [1.807, 2.05) is 24.3 Å². The lowest BCUT2D eigenvalue weighted by Crippen LogP contribution is -2.37. The number of carbonyl (C=O) groups excluding carboxylic acids is 3. The number of rotatable bonds is 3. The van der Waals surface area contributed by atoms with Crippen molar-refractivity contribution in [2.75, 3.05) is 16.8 Å². The molecular formula is C19H13N3O3. The Hall–Kier alpha value is -3.54. The highest BCUT2D eigenvalue weighted by atomic mass is 16.2. The fourth-order valence-electron chi connectivity index (χ4n) is 2.94. The molecule has 2 aromatic carbocycles. The summed E-state index contributed by atoms with van der Waals surface area (Å²) in [5.41, 5.74) is 2.02. The number of pyridine rings is 1. The second kappa shape index (κ2) is 5.83. The molecule has 0 atom stereocenters. The Labute approximate surface area is 143 Å². The van der Waals surface area contributed by atoms with Gasteiger partial charge in [-0.25, -0.2) is 0 Å². The van der Waals surface area contributed by atoms with Crippen molar-refractivity contribution in [1.82, 2.24) is 4.98 Å². The number of nitrogens with zero attached hydrogens (tertiary/aromatic N) is 2. The number of carbonyl (C=O) groups is 3. The summed E-state index contributed by atoms with van der Waals surface area (Å²) in [6, 6.07) is 15.8. The van der Waals surface area contributed by atoms with Crippen LogP contribution < -0.4 is 10.2 Å². The van der Waals surface area contributed by atoms with Gasteiger partial charge in [-0.2, -0.15) is 0 Å². The molecule has 0 aliphatic carbocycles. The Morgan fingerprint density at radius 3 is 2.68 bits per heavy atom. The highest BCUT2D eigenvalue weighted by molar-refractivity contribution is 6.52. The minimum atomic E-state index is -0.688. The van der Waals surface area contributed by atoms with Crippen molar-refractivity contribution in [1.29, 1.82) is 0 Å². The highest BCUT2D eigenvalue weighted by Crippen LogP contribution is 2.28. The average Bonchev–Trinajstić information content (AvgIpc) is 2.87. The molecule has 0 saturated heterocycles. The monoisotopic (exact) mass is 331 g/mol. The van der Waals surface area contributed by atoms with Gasteiger partial charge in [0.25, 0.3) is 11.7 Å². The molecule has 0 spiro atoms. The van der Waals surface area contributed by atoms with E-state index < -0.39 is 17.6 Å². The smallest absolute Gasteiger partial charge is 0.299 e. The van der Waals surface area contributed by atoms with Crippen molar-refractivity contribution in [2.45, 2.75) is 0 Å². The number of amides is 2.